The Morgan fingerprint density at radius 3 is 2.19 bits per heavy atom. The number of hydrogen-bond acceptors (Lipinski definition) is 4. The first-order valence-electron chi connectivity index (χ1n) is 9.56. The van der Waals surface area contributed by atoms with E-state index >= 15 is 0 Å². The number of urea groups is 1. The Hall–Kier alpha value is -2.51. The third-order valence-electron chi connectivity index (χ3n) is 4.86. The summed E-state index contributed by atoms with van der Waals surface area (Å²) in [5.41, 5.74) is 0. The normalized spacial score (nSPS) is 15.6. The maximum Gasteiger partial charge on any atom is 0.320 e. The Morgan fingerprint density at radius 1 is 1.11 bits per heavy atom. The molecule has 1 N–H and O–H groups in total. The van der Waals surface area contributed by atoms with E-state index in [9.17, 15) is 14.4 Å². The molecule has 1 aliphatic rings. The van der Waals surface area contributed by atoms with Gasteiger partial charge in [-0.25, -0.2) is 4.79 Å². The van der Waals surface area contributed by atoms with Crippen LogP contribution < -0.4 is 5.32 Å². The summed E-state index contributed by atoms with van der Waals surface area (Å²) in [7, 11) is 0. The molecule has 0 spiro atoms. The summed E-state index contributed by atoms with van der Waals surface area (Å²) >= 11 is 0. The van der Waals surface area contributed by atoms with Crippen LogP contribution in [0.5, 0.6) is 0 Å². The molecule has 1 aromatic rings. The second-order valence-electron chi connectivity index (χ2n) is 6.94. The van der Waals surface area contributed by atoms with Gasteiger partial charge in [0.2, 0.25) is 5.91 Å². The number of hydrogen-bond donors (Lipinski definition) is 1. The van der Waals surface area contributed by atoms with E-state index < -0.39 is 11.9 Å². The van der Waals surface area contributed by atoms with Crippen molar-refractivity contribution in [2.24, 2.45) is 5.92 Å². The minimum absolute atomic E-state index is 0.0126. The summed E-state index contributed by atoms with van der Waals surface area (Å²) in [6.07, 6.45) is 1.42. The highest BCUT2D eigenvalue weighted by atomic mass is 16.3. The average molecular weight is 378 g/mol. The molecule has 1 aliphatic heterocycles. The third kappa shape index (κ3) is 5.02. The number of rotatable bonds is 6. The summed E-state index contributed by atoms with van der Waals surface area (Å²) in [4.78, 5) is 42.9. The SMILES string of the molecule is CCN(CC)C(=O)N1CCN(C(=O)C(NC(=O)c2ccco2)C(C)C)CC1. The van der Waals surface area contributed by atoms with Gasteiger partial charge in [-0.2, -0.15) is 0 Å². The fraction of sp³-hybridized carbons (Fsp3) is 0.632. The Bertz CT molecular complexity index is 632. The van der Waals surface area contributed by atoms with Crippen LogP contribution in [0.1, 0.15) is 38.2 Å². The van der Waals surface area contributed by atoms with Crippen molar-refractivity contribution >= 4 is 17.8 Å². The highest BCUT2D eigenvalue weighted by Crippen LogP contribution is 2.12. The van der Waals surface area contributed by atoms with Crippen LogP contribution in [0.2, 0.25) is 0 Å². The molecule has 4 amide bonds. The number of piperazine rings is 1. The number of carbonyl (C=O) groups is 3. The lowest BCUT2D eigenvalue weighted by Gasteiger charge is -2.38. The zero-order valence-corrected chi connectivity index (χ0v) is 16.6. The summed E-state index contributed by atoms with van der Waals surface area (Å²) in [6, 6.07) is 2.58. The number of nitrogens with zero attached hydrogens (tertiary/aromatic N) is 3. The maximum absolute atomic E-state index is 12.9. The largest absolute Gasteiger partial charge is 0.459 e. The summed E-state index contributed by atoms with van der Waals surface area (Å²) < 4.78 is 5.10. The van der Waals surface area contributed by atoms with Gasteiger partial charge in [-0.15, -0.1) is 0 Å². The van der Waals surface area contributed by atoms with Crippen molar-refractivity contribution in [3.8, 4) is 0 Å². The Labute approximate surface area is 160 Å². The lowest BCUT2D eigenvalue weighted by atomic mass is 10.0. The molecule has 0 aliphatic carbocycles. The van der Waals surface area contributed by atoms with Crippen LogP contribution in [0.4, 0.5) is 4.79 Å². The standard InChI is InChI=1S/C19H30N4O4/c1-5-21(6-2)19(26)23-11-9-22(10-12-23)18(25)16(14(3)4)20-17(24)15-8-7-13-27-15/h7-8,13-14,16H,5-6,9-12H2,1-4H3,(H,20,24). The van der Waals surface area contributed by atoms with Gasteiger partial charge >= 0.3 is 6.03 Å². The first-order valence-corrected chi connectivity index (χ1v) is 9.56. The Balaban J connectivity index is 1.95. The van der Waals surface area contributed by atoms with Crippen molar-refractivity contribution in [1.82, 2.24) is 20.0 Å². The van der Waals surface area contributed by atoms with Gasteiger partial charge in [0, 0.05) is 39.3 Å². The van der Waals surface area contributed by atoms with Gasteiger partial charge in [0.05, 0.1) is 6.26 Å². The molecule has 0 bridgehead atoms. The molecule has 8 nitrogen and oxygen atoms in total. The molecular weight excluding hydrogens is 348 g/mol. The van der Waals surface area contributed by atoms with Crippen molar-refractivity contribution in [1.29, 1.82) is 0 Å². The summed E-state index contributed by atoms with van der Waals surface area (Å²) in [5.74, 6) is -0.405. The predicted molar refractivity (Wildman–Crippen MR) is 101 cm³/mol. The predicted octanol–water partition coefficient (Wildman–Crippen LogP) is 1.64. The highest BCUT2D eigenvalue weighted by molar-refractivity contribution is 5.95. The summed E-state index contributed by atoms with van der Waals surface area (Å²) in [6.45, 7) is 11.0. The van der Waals surface area contributed by atoms with Gasteiger partial charge in [-0.3, -0.25) is 9.59 Å². The maximum atomic E-state index is 12.9. The molecule has 1 unspecified atom stereocenters. The molecule has 1 fully saturated rings. The zero-order valence-electron chi connectivity index (χ0n) is 16.6. The molecule has 1 saturated heterocycles. The third-order valence-corrected chi connectivity index (χ3v) is 4.86. The van der Waals surface area contributed by atoms with Gasteiger partial charge in [0.15, 0.2) is 5.76 Å². The van der Waals surface area contributed by atoms with Crippen molar-refractivity contribution in [2.45, 2.75) is 33.7 Å². The van der Waals surface area contributed by atoms with Crippen LogP contribution in [0.3, 0.4) is 0 Å². The minimum Gasteiger partial charge on any atom is -0.459 e. The molecule has 27 heavy (non-hydrogen) atoms. The van der Waals surface area contributed by atoms with Crippen molar-refractivity contribution in [2.75, 3.05) is 39.3 Å². The zero-order chi connectivity index (χ0) is 20.0. The minimum atomic E-state index is -0.632. The molecule has 8 heteroatoms. The van der Waals surface area contributed by atoms with E-state index in [1.54, 1.807) is 26.8 Å². The van der Waals surface area contributed by atoms with Gasteiger partial charge in [0.1, 0.15) is 6.04 Å². The van der Waals surface area contributed by atoms with Crippen molar-refractivity contribution in [3.63, 3.8) is 0 Å². The van der Waals surface area contributed by atoms with Crippen LogP contribution in [0.25, 0.3) is 0 Å². The number of amides is 4. The van der Waals surface area contributed by atoms with E-state index in [1.807, 2.05) is 27.7 Å². The smallest absolute Gasteiger partial charge is 0.320 e. The molecule has 1 aromatic heterocycles. The van der Waals surface area contributed by atoms with E-state index in [0.717, 1.165) is 0 Å². The van der Waals surface area contributed by atoms with Gasteiger partial charge < -0.3 is 24.4 Å². The van der Waals surface area contributed by atoms with Crippen LogP contribution in [0.15, 0.2) is 22.8 Å². The van der Waals surface area contributed by atoms with Crippen molar-refractivity contribution < 1.29 is 18.8 Å². The van der Waals surface area contributed by atoms with Crippen LogP contribution in [-0.2, 0) is 4.79 Å². The van der Waals surface area contributed by atoms with Gasteiger partial charge in [-0.1, -0.05) is 13.8 Å². The lowest BCUT2D eigenvalue weighted by Crippen LogP contribution is -2.58. The second kappa shape index (κ2) is 9.43. The second-order valence-corrected chi connectivity index (χ2v) is 6.94. The van der Waals surface area contributed by atoms with E-state index in [2.05, 4.69) is 5.32 Å². The van der Waals surface area contributed by atoms with Crippen molar-refractivity contribution in [3.05, 3.63) is 24.2 Å². The van der Waals surface area contributed by atoms with Gasteiger partial charge in [-0.05, 0) is 31.9 Å². The van der Waals surface area contributed by atoms with E-state index in [4.69, 9.17) is 4.42 Å². The van der Waals surface area contributed by atoms with E-state index in [1.165, 1.54) is 6.26 Å². The average Bonchev–Trinajstić information content (AvgIpc) is 3.21. The fourth-order valence-electron chi connectivity index (χ4n) is 3.14. The first kappa shape index (κ1) is 20.8. The molecule has 0 radical (unpaired) electrons. The van der Waals surface area contributed by atoms with E-state index in [-0.39, 0.29) is 23.6 Å². The fourth-order valence-corrected chi connectivity index (χ4v) is 3.14. The number of nitrogens with one attached hydrogen (secondary N) is 1. The quantitative estimate of drug-likeness (QED) is 0.815. The molecule has 150 valence electrons. The molecule has 2 heterocycles. The van der Waals surface area contributed by atoms with Crippen LogP contribution in [-0.4, -0.2) is 77.9 Å². The highest BCUT2D eigenvalue weighted by Gasteiger charge is 2.32. The molecule has 1 atom stereocenters. The number of carbonyl (C=O) groups excluding carboxylic acids is 3. The Morgan fingerprint density at radius 2 is 1.70 bits per heavy atom. The first-order chi connectivity index (χ1) is 12.9. The Kier molecular flexibility index (Phi) is 7.27. The molecule has 0 aromatic carbocycles. The summed E-state index contributed by atoms with van der Waals surface area (Å²) in [5, 5.41) is 2.77. The van der Waals surface area contributed by atoms with Gasteiger partial charge in [0.25, 0.3) is 5.91 Å². The van der Waals surface area contributed by atoms with E-state index in [0.29, 0.717) is 39.3 Å². The number of furan rings is 1. The van der Waals surface area contributed by atoms with Crippen LogP contribution in [0, 0.1) is 5.92 Å². The molecule has 0 saturated carbocycles. The topological polar surface area (TPSA) is 86.1 Å². The van der Waals surface area contributed by atoms with Crippen LogP contribution >= 0.6 is 0 Å². The monoisotopic (exact) mass is 378 g/mol. The molecular formula is C19H30N4O4. The molecule has 2 rings (SSSR count). The lowest BCUT2D eigenvalue weighted by molar-refractivity contribution is -0.135.